The predicted molar refractivity (Wildman–Crippen MR) is 76.1 cm³/mol. The lowest BCUT2D eigenvalue weighted by molar-refractivity contribution is -0.150. The van der Waals surface area contributed by atoms with Crippen LogP contribution in [-0.2, 0) is 14.3 Å². The monoisotopic (exact) mass is 293 g/mol. The molecule has 1 amide bonds. The molecule has 0 aliphatic carbocycles. The van der Waals surface area contributed by atoms with Gasteiger partial charge in [-0.25, -0.2) is 4.39 Å². The van der Waals surface area contributed by atoms with Crippen LogP contribution in [0.4, 0.5) is 4.39 Å². The van der Waals surface area contributed by atoms with Gasteiger partial charge in [0.05, 0.1) is 12.5 Å². The van der Waals surface area contributed by atoms with Gasteiger partial charge in [-0.1, -0.05) is 25.5 Å². The van der Waals surface area contributed by atoms with E-state index < -0.39 is 5.92 Å². The normalized spacial score (nSPS) is 21.7. The summed E-state index contributed by atoms with van der Waals surface area (Å²) in [4.78, 5) is 23.8. The molecular weight excluding hydrogens is 273 g/mol. The highest BCUT2D eigenvalue weighted by molar-refractivity contribution is 5.83. The Labute approximate surface area is 123 Å². The molecule has 1 N–H and O–H groups in total. The van der Waals surface area contributed by atoms with Gasteiger partial charge >= 0.3 is 5.97 Å². The molecular formula is C16H20FNO3. The van der Waals surface area contributed by atoms with Crippen molar-refractivity contribution >= 4 is 11.9 Å². The number of esters is 1. The Kier molecular flexibility index (Phi) is 5.31. The van der Waals surface area contributed by atoms with Crippen molar-refractivity contribution in [1.29, 1.82) is 0 Å². The first-order valence-electron chi connectivity index (χ1n) is 7.30. The highest BCUT2D eigenvalue weighted by Gasteiger charge is 2.36. The molecule has 2 atom stereocenters. The molecule has 1 fully saturated rings. The topological polar surface area (TPSA) is 55.4 Å². The first-order chi connectivity index (χ1) is 10.1. The van der Waals surface area contributed by atoms with E-state index in [2.05, 4.69) is 5.32 Å². The number of hydrogen-bond acceptors (Lipinski definition) is 3. The van der Waals surface area contributed by atoms with E-state index >= 15 is 0 Å². The number of halogens is 1. The Morgan fingerprint density at radius 2 is 2.10 bits per heavy atom. The molecule has 1 saturated heterocycles. The van der Waals surface area contributed by atoms with E-state index in [4.69, 9.17) is 4.74 Å². The molecule has 114 valence electrons. The zero-order valence-electron chi connectivity index (χ0n) is 12.1. The lowest BCUT2D eigenvalue weighted by Gasteiger charge is -2.30. The number of amides is 1. The first-order valence-corrected chi connectivity index (χ1v) is 7.30. The highest BCUT2D eigenvalue weighted by atomic mass is 19.1. The van der Waals surface area contributed by atoms with Gasteiger partial charge in [-0.15, -0.1) is 0 Å². The van der Waals surface area contributed by atoms with Crippen molar-refractivity contribution in [1.82, 2.24) is 5.32 Å². The minimum atomic E-state index is -0.412. The zero-order valence-corrected chi connectivity index (χ0v) is 12.1. The molecule has 1 aliphatic heterocycles. The highest BCUT2D eigenvalue weighted by Crippen LogP contribution is 2.31. The van der Waals surface area contributed by atoms with Gasteiger partial charge in [-0.2, -0.15) is 0 Å². The lowest BCUT2D eigenvalue weighted by atomic mass is 9.81. The number of carbonyl (C=O) groups is 2. The summed E-state index contributed by atoms with van der Waals surface area (Å²) < 4.78 is 18.3. The van der Waals surface area contributed by atoms with Gasteiger partial charge in [0.2, 0.25) is 5.91 Å². The van der Waals surface area contributed by atoms with Gasteiger partial charge < -0.3 is 10.1 Å². The van der Waals surface area contributed by atoms with Gasteiger partial charge in [0, 0.05) is 18.9 Å². The van der Waals surface area contributed by atoms with Crippen LogP contribution < -0.4 is 5.32 Å². The van der Waals surface area contributed by atoms with Gasteiger partial charge in [0.1, 0.15) is 5.82 Å². The molecule has 1 aromatic rings. The SMILES string of the molecule is CCCCOC(=O)[C@H]1CNC(=O)C[C@H]1c1ccc(F)cc1. The van der Waals surface area contributed by atoms with Crippen molar-refractivity contribution in [2.24, 2.45) is 5.92 Å². The van der Waals surface area contributed by atoms with E-state index in [-0.39, 0.29) is 36.6 Å². The van der Waals surface area contributed by atoms with E-state index in [1.54, 1.807) is 12.1 Å². The van der Waals surface area contributed by atoms with Crippen molar-refractivity contribution in [3.63, 3.8) is 0 Å². The summed E-state index contributed by atoms with van der Waals surface area (Å²) >= 11 is 0. The summed E-state index contributed by atoms with van der Waals surface area (Å²) in [5, 5.41) is 2.70. The lowest BCUT2D eigenvalue weighted by Crippen LogP contribution is -2.43. The van der Waals surface area contributed by atoms with Crippen molar-refractivity contribution in [3.8, 4) is 0 Å². The number of carbonyl (C=O) groups excluding carboxylic acids is 2. The van der Waals surface area contributed by atoms with Crippen LogP contribution in [0.5, 0.6) is 0 Å². The van der Waals surface area contributed by atoms with Gasteiger partial charge in [-0.3, -0.25) is 9.59 Å². The Morgan fingerprint density at radius 1 is 1.38 bits per heavy atom. The third-order valence-corrected chi connectivity index (χ3v) is 3.75. The van der Waals surface area contributed by atoms with Crippen molar-refractivity contribution in [3.05, 3.63) is 35.6 Å². The second-order valence-corrected chi connectivity index (χ2v) is 5.29. The molecule has 0 aromatic heterocycles. The Balaban J connectivity index is 2.11. The maximum absolute atomic E-state index is 13.0. The maximum Gasteiger partial charge on any atom is 0.311 e. The third kappa shape index (κ3) is 4.03. The molecule has 5 heteroatoms. The largest absolute Gasteiger partial charge is 0.465 e. The van der Waals surface area contributed by atoms with Crippen LogP contribution in [0.2, 0.25) is 0 Å². The molecule has 0 saturated carbocycles. The molecule has 2 rings (SSSR count). The van der Waals surface area contributed by atoms with Crippen LogP contribution in [0.15, 0.2) is 24.3 Å². The average Bonchev–Trinajstić information content (AvgIpc) is 2.48. The van der Waals surface area contributed by atoms with Crippen LogP contribution in [0.25, 0.3) is 0 Å². The second-order valence-electron chi connectivity index (χ2n) is 5.29. The fourth-order valence-electron chi connectivity index (χ4n) is 2.51. The average molecular weight is 293 g/mol. The van der Waals surface area contributed by atoms with Crippen LogP contribution in [0.1, 0.15) is 37.7 Å². The standard InChI is InChI=1S/C16H20FNO3/c1-2-3-8-21-16(20)14-10-18-15(19)9-13(14)11-4-6-12(17)7-5-11/h4-7,13-14H,2-3,8-10H2,1H3,(H,18,19)/t13-,14-/m0/s1. The third-order valence-electron chi connectivity index (χ3n) is 3.75. The summed E-state index contributed by atoms with van der Waals surface area (Å²) in [6.07, 6.45) is 2.00. The molecule has 0 unspecified atom stereocenters. The fraction of sp³-hybridized carbons (Fsp3) is 0.500. The minimum Gasteiger partial charge on any atom is -0.465 e. The molecule has 1 aliphatic rings. The fourth-order valence-corrected chi connectivity index (χ4v) is 2.51. The summed E-state index contributed by atoms with van der Waals surface area (Å²) in [7, 11) is 0. The number of nitrogens with one attached hydrogen (secondary N) is 1. The van der Waals surface area contributed by atoms with E-state index in [1.807, 2.05) is 6.92 Å². The predicted octanol–water partition coefficient (Wildman–Crippen LogP) is 2.39. The van der Waals surface area contributed by atoms with Crippen molar-refractivity contribution < 1.29 is 18.7 Å². The Morgan fingerprint density at radius 3 is 2.76 bits per heavy atom. The van der Waals surface area contributed by atoms with E-state index in [0.29, 0.717) is 6.61 Å². The molecule has 0 bridgehead atoms. The molecule has 1 heterocycles. The Hall–Kier alpha value is -1.91. The maximum atomic E-state index is 13.0. The number of hydrogen-bond donors (Lipinski definition) is 1. The van der Waals surface area contributed by atoms with Crippen LogP contribution in [0.3, 0.4) is 0 Å². The van der Waals surface area contributed by atoms with Gasteiger partial charge in [-0.05, 0) is 24.1 Å². The molecule has 0 radical (unpaired) electrons. The summed E-state index contributed by atoms with van der Waals surface area (Å²) in [6, 6.07) is 5.96. The number of benzene rings is 1. The van der Waals surface area contributed by atoms with E-state index in [0.717, 1.165) is 18.4 Å². The quantitative estimate of drug-likeness (QED) is 0.670. The summed E-state index contributed by atoms with van der Waals surface area (Å²) in [5.74, 6) is -1.39. The smallest absolute Gasteiger partial charge is 0.311 e. The zero-order chi connectivity index (χ0) is 15.2. The summed E-state index contributed by atoms with van der Waals surface area (Å²) in [5.41, 5.74) is 0.795. The number of ether oxygens (including phenoxy) is 1. The number of piperidine rings is 1. The van der Waals surface area contributed by atoms with Crippen molar-refractivity contribution in [2.45, 2.75) is 32.1 Å². The van der Waals surface area contributed by atoms with Gasteiger partial charge in [0.15, 0.2) is 0 Å². The molecule has 4 nitrogen and oxygen atoms in total. The first kappa shape index (κ1) is 15.5. The van der Waals surface area contributed by atoms with Crippen molar-refractivity contribution in [2.75, 3.05) is 13.2 Å². The number of unbranched alkanes of at least 4 members (excludes halogenated alkanes) is 1. The summed E-state index contributed by atoms with van der Waals surface area (Å²) in [6.45, 7) is 2.69. The number of rotatable bonds is 5. The Bertz CT molecular complexity index is 501. The van der Waals surface area contributed by atoms with Crippen LogP contribution in [-0.4, -0.2) is 25.0 Å². The molecule has 21 heavy (non-hydrogen) atoms. The van der Waals surface area contributed by atoms with Gasteiger partial charge in [0.25, 0.3) is 0 Å². The van der Waals surface area contributed by atoms with E-state index in [9.17, 15) is 14.0 Å². The van der Waals surface area contributed by atoms with Crippen LogP contribution in [0, 0.1) is 11.7 Å². The van der Waals surface area contributed by atoms with Crippen LogP contribution >= 0.6 is 0 Å². The molecule has 1 aromatic carbocycles. The minimum absolute atomic E-state index is 0.0954. The molecule has 0 spiro atoms. The second kappa shape index (κ2) is 7.20. The van der Waals surface area contributed by atoms with E-state index in [1.165, 1.54) is 12.1 Å².